The third kappa shape index (κ3) is 5.48. The number of halogens is 1. The predicted octanol–water partition coefficient (Wildman–Crippen LogP) is 6.66. The molecular formula is C27H26IN. The van der Waals surface area contributed by atoms with Crippen molar-refractivity contribution in [1.82, 2.24) is 0 Å². The molecule has 0 aromatic heterocycles. The lowest BCUT2D eigenvalue weighted by Crippen LogP contribution is -2.07. The second-order valence-corrected chi connectivity index (χ2v) is 7.26. The number of hydrogen-bond acceptors (Lipinski definition) is 1. The highest BCUT2D eigenvalue weighted by molar-refractivity contribution is 14.0. The summed E-state index contributed by atoms with van der Waals surface area (Å²) < 4.78 is 0. The normalized spacial score (nSPS) is 10.3. The first-order valence-electron chi connectivity index (χ1n) is 9.80. The van der Waals surface area contributed by atoms with Crippen molar-refractivity contribution in [1.29, 1.82) is 0 Å². The van der Waals surface area contributed by atoms with E-state index in [1.807, 2.05) is 0 Å². The maximum Gasteiger partial charge on any atom is 0.0353 e. The van der Waals surface area contributed by atoms with E-state index in [9.17, 15) is 0 Å². The van der Waals surface area contributed by atoms with Crippen molar-refractivity contribution >= 4 is 29.7 Å². The van der Waals surface area contributed by atoms with Gasteiger partial charge in [0, 0.05) is 5.69 Å². The molecule has 29 heavy (non-hydrogen) atoms. The van der Waals surface area contributed by atoms with Crippen LogP contribution in [0.2, 0.25) is 0 Å². The average molecular weight is 491 g/mol. The Bertz CT molecular complexity index is 1030. The average Bonchev–Trinajstić information content (AvgIpc) is 2.75. The summed E-state index contributed by atoms with van der Waals surface area (Å²) in [7, 11) is 0. The first-order valence-corrected chi connectivity index (χ1v) is 9.80. The molecule has 2 N–H and O–H groups in total. The van der Waals surface area contributed by atoms with Crippen molar-refractivity contribution in [2.45, 2.75) is 19.3 Å². The summed E-state index contributed by atoms with van der Waals surface area (Å²) in [4.78, 5) is 0. The van der Waals surface area contributed by atoms with Gasteiger partial charge in [-0.25, -0.2) is 0 Å². The van der Waals surface area contributed by atoms with Gasteiger partial charge in [-0.15, -0.1) is 24.0 Å². The minimum absolute atomic E-state index is 0. The molecule has 0 saturated heterocycles. The number of anilines is 1. The highest BCUT2D eigenvalue weighted by Crippen LogP contribution is 2.28. The van der Waals surface area contributed by atoms with E-state index in [0.29, 0.717) is 0 Å². The zero-order valence-electron chi connectivity index (χ0n) is 16.4. The van der Waals surface area contributed by atoms with Crippen LogP contribution < -0.4 is 5.73 Å². The topological polar surface area (TPSA) is 26.0 Å². The predicted molar refractivity (Wildman–Crippen MR) is 134 cm³/mol. The molecule has 0 bridgehead atoms. The molecule has 0 amide bonds. The van der Waals surface area contributed by atoms with E-state index in [0.717, 1.165) is 24.9 Å². The number of rotatable bonds is 6. The van der Waals surface area contributed by atoms with Crippen LogP contribution in [0.5, 0.6) is 0 Å². The molecule has 0 aliphatic heterocycles. The van der Waals surface area contributed by atoms with E-state index < -0.39 is 0 Å². The number of nitrogens with two attached hydrogens (primary N) is 1. The highest BCUT2D eigenvalue weighted by atomic mass is 127. The lowest BCUT2D eigenvalue weighted by atomic mass is 9.88. The summed E-state index contributed by atoms with van der Waals surface area (Å²) in [5.74, 6) is 0. The molecule has 0 aliphatic rings. The summed E-state index contributed by atoms with van der Waals surface area (Å²) in [6.45, 7) is 0. The SMILES string of the molecule is I.Nc1ccc(Cc2ccccc2)c(Cc2ccccc2)c1Cc1ccccc1. The molecule has 0 atom stereocenters. The maximum absolute atomic E-state index is 6.49. The van der Waals surface area contributed by atoms with Crippen LogP contribution in [0.3, 0.4) is 0 Å². The van der Waals surface area contributed by atoms with Crippen LogP contribution in [0.1, 0.15) is 33.4 Å². The van der Waals surface area contributed by atoms with Crippen LogP contribution in [0.4, 0.5) is 5.69 Å². The van der Waals surface area contributed by atoms with Crippen LogP contribution >= 0.6 is 24.0 Å². The van der Waals surface area contributed by atoms with Crippen LogP contribution in [0, 0.1) is 0 Å². The second kappa shape index (κ2) is 10.3. The molecular weight excluding hydrogens is 465 g/mol. The molecule has 0 saturated carbocycles. The van der Waals surface area contributed by atoms with Crippen LogP contribution in [0.15, 0.2) is 103 Å². The van der Waals surface area contributed by atoms with Gasteiger partial charge in [0.25, 0.3) is 0 Å². The molecule has 0 heterocycles. The minimum Gasteiger partial charge on any atom is -0.398 e. The van der Waals surface area contributed by atoms with Crippen molar-refractivity contribution < 1.29 is 0 Å². The van der Waals surface area contributed by atoms with Gasteiger partial charge in [-0.2, -0.15) is 0 Å². The quantitative estimate of drug-likeness (QED) is 0.237. The zero-order chi connectivity index (χ0) is 19.2. The first-order chi connectivity index (χ1) is 13.8. The zero-order valence-corrected chi connectivity index (χ0v) is 18.8. The molecule has 4 rings (SSSR count). The second-order valence-electron chi connectivity index (χ2n) is 7.26. The molecule has 0 aliphatic carbocycles. The Hall–Kier alpha value is -2.59. The fourth-order valence-electron chi connectivity index (χ4n) is 3.77. The van der Waals surface area contributed by atoms with Gasteiger partial charge in [0.15, 0.2) is 0 Å². The smallest absolute Gasteiger partial charge is 0.0353 e. The first kappa shape index (κ1) is 21.1. The Balaban J connectivity index is 0.00000240. The van der Waals surface area contributed by atoms with Crippen LogP contribution in [-0.4, -0.2) is 0 Å². The van der Waals surface area contributed by atoms with E-state index in [4.69, 9.17) is 5.73 Å². The van der Waals surface area contributed by atoms with E-state index in [2.05, 4.69) is 103 Å². The summed E-state index contributed by atoms with van der Waals surface area (Å²) in [5.41, 5.74) is 15.3. The van der Waals surface area contributed by atoms with Gasteiger partial charge in [0.05, 0.1) is 0 Å². The molecule has 0 spiro atoms. The van der Waals surface area contributed by atoms with Gasteiger partial charge in [0.1, 0.15) is 0 Å². The largest absolute Gasteiger partial charge is 0.398 e. The Kier molecular flexibility index (Phi) is 7.48. The minimum atomic E-state index is 0. The summed E-state index contributed by atoms with van der Waals surface area (Å²) in [6, 6.07) is 36.2. The summed E-state index contributed by atoms with van der Waals surface area (Å²) >= 11 is 0. The third-order valence-electron chi connectivity index (χ3n) is 5.25. The molecule has 0 fully saturated rings. The Morgan fingerprint density at radius 1 is 0.448 bits per heavy atom. The number of benzene rings is 4. The van der Waals surface area contributed by atoms with Gasteiger partial charge in [-0.05, 0) is 58.7 Å². The van der Waals surface area contributed by atoms with Gasteiger partial charge in [0.2, 0.25) is 0 Å². The fourth-order valence-corrected chi connectivity index (χ4v) is 3.77. The van der Waals surface area contributed by atoms with Gasteiger partial charge in [-0.3, -0.25) is 0 Å². The summed E-state index contributed by atoms with van der Waals surface area (Å²) in [5, 5.41) is 0. The Morgan fingerprint density at radius 2 is 0.862 bits per heavy atom. The standard InChI is InChI=1S/C27H25N.HI/c28-27-17-16-24(18-21-10-4-1-5-11-21)25(19-22-12-6-2-7-13-22)26(27)20-23-14-8-3-9-15-23;/h1-17H,18-20,28H2;1H. The van der Waals surface area contributed by atoms with E-state index in [1.54, 1.807) is 0 Å². The van der Waals surface area contributed by atoms with Crippen molar-refractivity contribution in [3.8, 4) is 0 Å². The van der Waals surface area contributed by atoms with Crippen molar-refractivity contribution in [3.05, 3.63) is 137 Å². The molecule has 1 nitrogen and oxygen atoms in total. The Morgan fingerprint density at radius 3 is 1.34 bits per heavy atom. The molecule has 146 valence electrons. The van der Waals surface area contributed by atoms with E-state index in [-0.39, 0.29) is 24.0 Å². The van der Waals surface area contributed by atoms with Gasteiger partial charge < -0.3 is 5.73 Å². The molecule has 4 aromatic rings. The monoisotopic (exact) mass is 491 g/mol. The van der Waals surface area contributed by atoms with Crippen LogP contribution in [0.25, 0.3) is 0 Å². The molecule has 2 heteroatoms. The lowest BCUT2D eigenvalue weighted by molar-refractivity contribution is 1.04. The van der Waals surface area contributed by atoms with Crippen molar-refractivity contribution in [2.75, 3.05) is 5.73 Å². The van der Waals surface area contributed by atoms with Crippen molar-refractivity contribution in [3.63, 3.8) is 0 Å². The third-order valence-corrected chi connectivity index (χ3v) is 5.25. The molecule has 4 aromatic carbocycles. The van der Waals surface area contributed by atoms with Gasteiger partial charge in [-0.1, -0.05) is 97.1 Å². The highest BCUT2D eigenvalue weighted by Gasteiger charge is 2.14. The fraction of sp³-hybridized carbons (Fsp3) is 0.111. The van der Waals surface area contributed by atoms with E-state index >= 15 is 0 Å². The Labute approximate surface area is 190 Å². The van der Waals surface area contributed by atoms with Crippen molar-refractivity contribution in [2.24, 2.45) is 0 Å². The van der Waals surface area contributed by atoms with E-state index in [1.165, 1.54) is 33.4 Å². The number of nitrogen functional groups attached to an aromatic ring is 1. The molecule has 0 unspecified atom stereocenters. The van der Waals surface area contributed by atoms with Crippen LogP contribution in [-0.2, 0) is 19.3 Å². The number of hydrogen-bond donors (Lipinski definition) is 1. The summed E-state index contributed by atoms with van der Waals surface area (Å²) in [6.07, 6.45) is 2.68. The molecule has 0 radical (unpaired) electrons. The maximum atomic E-state index is 6.49. The lowest BCUT2D eigenvalue weighted by Gasteiger charge is -2.18. The van der Waals surface area contributed by atoms with Gasteiger partial charge >= 0.3 is 0 Å².